The number of aromatic hydroxyl groups is 1. The minimum Gasteiger partial charge on any atom is -0.502 e. The molecule has 0 fully saturated rings. The molecular weight excluding hydrogens is 516 g/mol. The Morgan fingerprint density at radius 2 is 1.85 bits per heavy atom. The molecule has 0 radical (unpaired) electrons. The Hall–Kier alpha value is -4.44. The number of aromatic amines is 1. The molecule has 3 heterocycles. The highest BCUT2D eigenvalue weighted by Gasteiger charge is 2.33. The first kappa shape index (κ1) is 27.1. The molecule has 5 rings (SSSR count). The normalized spacial score (nSPS) is 13.7. The maximum absolute atomic E-state index is 13.9. The summed E-state index contributed by atoms with van der Waals surface area (Å²) in [5.41, 5.74) is 3.11. The van der Waals surface area contributed by atoms with E-state index in [0.717, 1.165) is 11.2 Å². The Morgan fingerprint density at radius 3 is 2.58 bits per heavy atom. The number of amides is 1. The van der Waals surface area contributed by atoms with E-state index in [0.29, 0.717) is 42.3 Å². The van der Waals surface area contributed by atoms with Crippen LogP contribution >= 0.6 is 0 Å². The molecule has 10 nitrogen and oxygen atoms in total. The number of carbonyl (C=O) groups excluding carboxylic acids is 1. The van der Waals surface area contributed by atoms with Gasteiger partial charge in [0.05, 0.1) is 33.8 Å². The molecule has 1 atom stereocenters. The number of ether oxygens (including phenoxy) is 4. The number of H-pyrrole nitrogens is 1. The van der Waals surface area contributed by atoms with Crippen molar-refractivity contribution < 1.29 is 33.3 Å². The van der Waals surface area contributed by atoms with Gasteiger partial charge in [0.15, 0.2) is 17.3 Å². The van der Waals surface area contributed by atoms with E-state index in [1.165, 1.54) is 45.5 Å². The van der Waals surface area contributed by atoms with Crippen molar-refractivity contribution in [3.8, 4) is 23.0 Å². The number of aromatic nitrogens is 1. The lowest BCUT2D eigenvalue weighted by atomic mass is 9.90. The molecule has 0 bridgehead atoms. The fourth-order valence-electron chi connectivity index (χ4n) is 5.46. The van der Waals surface area contributed by atoms with Gasteiger partial charge in [0, 0.05) is 48.3 Å². The number of hydrogen-bond donors (Lipinski definition) is 2. The van der Waals surface area contributed by atoms with Crippen LogP contribution in [0, 0.1) is 0 Å². The van der Waals surface area contributed by atoms with Gasteiger partial charge in [-0.25, -0.2) is 0 Å². The van der Waals surface area contributed by atoms with Gasteiger partial charge in [-0.3, -0.25) is 9.59 Å². The number of methoxy groups -OCH3 is 4. The van der Waals surface area contributed by atoms with E-state index in [-0.39, 0.29) is 30.5 Å². The maximum Gasteiger partial charge on any atom is 0.227 e. The predicted molar refractivity (Wildman–Crippen MR) is 147 cm³/mol. The number of hydrogen-bond acceptors (Lipinski definition) is 8. The van der Waals surface area contributed by atoms with Crippen LogP contribution in [-0.2, 0) is 29.1 Å². The number of carbonyl (C=O) groups is 1. The summed E-state index contributed by atoms with van der Waals surface area (Å²) in [5.74, 6) is -0.424. The highest BCUT2D eigenvalue weighted by molar-refractivity contribution is 5.86. The molecule has 1 aliphatic heterocycles. The first-order chi connectivity index (χ1) is 19.4. The minimum atomic E-state index is -0.879. The predicted octanol–water partition coefficient (Wildman–Crippen LogP) is 4.11. The second kappa shape index (κ2) is 11.4. The monoisotopic (exact) mass is 548 g/mol. The first-order valence-electron chi connectivity index (χ1n) is 12.9. The third kappa shape index (κ3) is 4.86. The van der Waals surface area contributed by atoms with Crippen LogP contribution in [0.5, 0.6) is 23.0 Å². The van der Waals surface area contributed by atoms with E-state index in [1.807, 2.05) is 18.2 Å². The fraction of sp³-hybridized carbons (Fsp3) is 0.333. The summed E-state index contributed by atoms with van der Waals surface area (Å²) in [6, 6.07) is 12.7. The van der Waals surface area contributed by atoms with Crippen molar-refractivity contribution in [1.82, 2.24) is 9.88 Å². The molecule has 210 valence electrons. The highest BCUT2D eigenvalue weighted by Crippen LogP contribution is 2.46. The summed E-state index contributed by atoms with van der Waals surface area (Å²) in [6.07, 6.45) is 0.605. The maximum atomic E-state index is 13.9. The van der Waals surface area contributed by atoms with E-state index in [4.69, 9.17) is 23.4 Å². The van der Waals surface area contributed by atoms with E-state index in [9.17, 15) is 14.7 Å². The number of fused-ring (bicyclic) bond motifs is 3. The second-order valence-electron chi connectivity index (χ2n) is 9.60. The molecule has 0 unspecified atom stereocenters. The molecule has 1 amide bonds. The van der Waals surface area contributed by atoms with Crippen molar-refractivity contribution in [2.24, 2.45) is 0 Å². The number of para-hydroxylation sites is 1. The Labute approximate surface area is 231 Å². The summed E-state index contributed by atoms with van der Waals surface area (Å²) in [7, 11) is 5.93. The number of nitrogens with zero attached hydrogens (tertiary/aromatic N) is 1. The smallest absolute Gasteiger partial charge is 0.227 e. The van der Waals surface area contributed by atoms with Crippen molar-refractivity contribution in [2.45, 2.75) is 31.9 Å². The SMILES string of the molecule is COCc1cc(=O)c(O)c([C@@H](CC(=O)N2CCc3c([nH]c4ccccc34)C2)c2ccc(OC)c(OC)c2OC)o1. The summed E-state index contributed by atoms with van der Waals surface area (Å²) in [5, 5.41) is 12.0. The zero-order valence-corrected chi connectivity index (χ0v) is 22.9. The Morgan fingerprint density at radius 1 is 1.07 bits per heavy atom. The molecular formula is C30H32N2O8. The second-order valence-corrected chi connectivity index (χ2v) is 9.60. The lowest BCUT2D eigenvalue weighted by Gasteiger charge is -2.29. The van der Waals surface area contributed by atoms with E-state index >= 15 is 0 Å². The van der Waals surface area contributed by atoms with Crippen molar-refractivity contribution in [3.05, 3.63) is 81.0 Å². The van der Waals surface area contributed by atoms with Gasteiger partial charge in [0.1, 0.15) is 12.4 Å². The van der Waals surface area contributed by atoms with Gasteiger partial charge in [-0.15, -0.1) is 0 Å². The quantitative estimate of drug-likeness (QED) is 0.320. The molecule has 0 saturated carbocycles. The Bertz CT molecular complexity index is 1610. The molecule has 2 N–H and O–H groups in total. The van der Waals surface area contributed by atoms with Crippen LogP contribution in [0.25, 0.3) is 10.9 Å². The molecule has 0 spiro atoms. The Balaban J connectivity index is 1.56. The average molecular weight is 549 g/mol. The van der Waals surface area contributed by atoms with Crippen LogP contribution in [0.3, 0.4) is 0 Å². The third-order valence-electron chi connectivity index (χ3n) is 7.33. The zero-order valence-electron chi connectivity index (χ0n) is 22.9. The van der Waals surface area contributed by atoms with E-state index < -0.39 is 17.1 Å². The lowest BCUT2D eigenvalue weighted by molar-refractivity contribution is -0.132. The fourth-order valence-corrected chi connectivity index (χ4v) is 5.46. The van der Waals surface area contributed by atoms with Gasteiger partial charge in [0.25, 0.3) is 0 Å². The number of benzene rings is 2. The van der Waals surface area contributed by atoms with Crippen molar-refractivity contribution in [2.75, 3.05) is 35.0 Å². The topological polar surface area (TPSA) is 123 Å². The molecule has 0 aliphatic carbocycles. The van der Waals surface area contributed by atoms with E-state index in [2.05, 4.69) is 11.1 Å². The van der Waals surface area contributed by atoms with Gasteiger partial charge in [-0.2, -0.15) is 0 Å². The van der Waals surface area contributed by atoms with Crippen LogP contribution in [-0.4, -0.2) is 55.9 Å². The molecule has 40 heavy (non-hydrogen) atoms. The molecule has 2 aromatic carbocycles. The molecule has 4 aromatic rings. The van der Waals surface area contributed by atoms with Crippen molar-refractivity contribution >= 4 is 16.8 Å². The van der Waals surface area contributed by atoms with Gasteiger partial charge in [-0.05, 0) is 24.1 Å². The van der Waals surface area contributed by atoms with Crippen LogP contribution in [0.15, 0.2) is 51.7 Å². The number of rotatable bonds is 9. The van der Waals surface area contributed by atoms with Gasteiger partial charge in [0.2, 0.25) is 22.8 Å². The van der Waals surface area contributed by atoms with Crippen molar-refractivity contribution in [1.29, 1.82) is 0 Å². The van der Waals surface area contributed by atoms with Gasteiger partial charge in [-0.1, -0.05) is 24.3 Å². The summed E-state index contributed by atoms with van der Waals surface area (Å²) >= 11 is 0. The summed E-state index contributed by atoms with van der Waals surface area (Å²) in [6.45, 7) is 0.961. The lowest BCUT2D eigenvalue weighted by Crippen LogP contribution is -2.36. The molecule has 2 aromatic heterocycles. The van der Waals surface area contributed by atoms with Crippen LogP contribution in [0.2, 0.25) is 0 Å². The zero-order chi connectivity index (χ0) is 28.4. The standard InChI is InChI=1S/C30H32N2O8/c1-36-16-17-13-24(33)27(35)28(40-17)21(20-9-10-25(37-2)30(39-4)29(20)38-3)14-26(34)32-12-11-19-18-7-5-6-8-22(18)31-23(19)15-32/h5-10,13,21,31,35H,11-12,14-16H2,1-4H3/t21-/m0/s1. The minimum absolute atomic E-state index is 0.0154. The van der Waals surface area contributed by atoms with E-state index in [1.54, 1.807) is 17.0 Å². The van der Waals surface area contributed by atoms with Gasteiger partial charge < -0.3 is 38.4 Å². The van der Waals surface area contributed by atoms with Crippen LogP contribution in [0.4, 0.5) is 0 Å². The van der Waals surface area contributed by atoms with Crippen molar-refractivity contribution in [3.63, 3.8) is 0 Å². The third-order valence-corrected chi connectivity index (χ3v) is 7.33. The van der Waals surface area contributed by atoms with Crippen LogP contribution in [0.1, 0.15) is 40.7 Å². The summed E-state index contributed by atoms with van der Waals surface area (Å²) < 4.78 is 27.8. The Kier molecular flexibility index (Phi) is 7.70. The molecule has 1 aliphatic rings. The first-order valence-corrected chi connectivity index (χ1v) is 12.9. The average Bonchev–Trinajstić information content (AvgIpc) is 3.35. The number of nitrogens with one attached hydrogen (secondary N) is 1. The van der Waals surface area contributed by atoms with Gasteiger partial charge >= 0.3 is 0 Å². The largest absolute Gasteiger partial charge is 0.502 e. The summed E-state index contributed by atoms with van der Waals surface area (Å²) in [4.78, 5) is 31.8. The molecule has 10 heteroatoms. The van der Waals surface area contributed by atoms with Crippen LogP contribution < -0.4 is 19.6 Å². The molecule has 0 saturated heterocycles. The highest BCUT2D eigenvalue weighted by atomic mass is 16.5.